The molecule has 0 aliphatic carbocycles. The monoisotopic (exact) mass is 344 g/mol. The Morgan fingerprint density at radius 1 is 1.20 bits per heavy atom. The zero-order valence-electron chi connectivity index (χ0n) is 14.1. The quantitative estimate of drug-likeness (QED) is 0.738. The van der Waals surface area contributed by atoms with Gasteiger partial charge in [-0.05, 0) is 32.0 Å². The summed E-state index contributed by atoms with van der Waals surface area (Å²) in [6.07, 6.45) is 5.10. The van der Waals surface area contributed by atoms with Crippen molar-refractivity contribution in [2.24, 2.45) is 7.05 Å². The highest BCUT2D eigenvalue weighted by atomic mass is 19.1. The molecule has 3 rings (SSSR count). The Morgan fingerprint density at radius 2 is 2.00 bits per heavy atom. The Labute approximate surface area is 143 Å². The molecule has 2 N–H and O–H groups in total. The predicted octanol–water partition coefficient (Wildman–Crippen LogP) is 3.71. The summed E-state index contributed by atoms with van der Waals surface area (Å²) < 4.78 is 29.0. The van der Waals surface area contributed by atoms with Crippen molar-refractivity contribution in [1.29, 1.82) is 0 Å². The second-order valence-electron chi connectivity index (χ2n) is 5.78. The normalized spacial score (nSPS) is 12.0. The number of anilines is 3. The first-order valence-electron chi connectivity index (χ1n) is 7.73. The first-order valence-corrected chi connectivity index (χ1v) is 7.73. The van der Waals surface area contributed by atoms with E-state index in [-0.39, 0.29) is 5.56 Å². The van der Waals surface area contributed by atoms with Crippen molar-refractivity contribution in [2.75, 3.05) is 10.6 Å². The smallest absolute Gasteiger partial charge is 0.229 e. The standard InChI is InChI=1S/C17H18F2N6/c1-10-7-20-17(23-13-8-21-25(3)9-13)24-16(10)22-11(2)14-6-12(18)4-5-15(14)19/h4-9,11H,1-3H3,(H2,20,22,23,24). The van der Waals surface area contributed by atoms with Crippen LogP contribution in [0.5, 0.6) is 0 Å². The molecule has 0 amide bonds. The predicted molar refractivity (Wildman–Crippen MR) is 91.7 cm³/mol. The first-order chi connectivity index (χ1) is 11.9. The number of hydrogen-bond donors (Lipinski definition) is 2. The lowest BCUT2D eigenvalue weighted by molar-refractivity contribution is 0.577. The van der Waals surface area contributed by atoms with Gasteiger partial charge in [-0.2, -0.15) is 10.1 Å². The number of nitrogens with zero attached hydrogens (tertiary/aromatic N) is 4. The van der Waals surface area contributed by atoms with Gasteiger partial charge < -0.3 is 10.6 Å². The molecule has 0 fully saturated rings. The molecule has 0 saturated heterocycles. The molecule has 1 atom stereocenters. The Morgan fingerprint density at radius 3 is 2.72 bits per heavy atom. The molecule has 25 heavy (non-hydrogen) atoms. The zero-order valence-corrected chi connectivity index (χ0v) is 14.1. The van der Waals surface area contributed by atoms with E-state index in [1.165, 1.54) is 6.07 Å². The van der Waals surface area contributed by atoms with Crippen LogP contribution in [-0.4, -0.2) is 19.7 Å². The first kappa shape index (κ1) is 16.8. The van der Waals surface area contributed by atoms with Gasteiger partial charge in [0.25, 0.3) is 0 Å². The molecule has 3 aromatic rings. The number of halogens is 2. The zero-order chi connectivity index (χ0) is 18.0. The summed E-state index contributed by atoms with van der Waals surface area (Å²) >= 11 is 0. The molecular weight excluding hydrogens is 326 g/mol. The van der Waals surface area contributed by atoms with Crippen molar-refractivity contribution in [2.45, 2.75) is 19.9 Å². The lowest BCUT2D eigenvalue weighted by atomic mass is 10.1. The summed E-state index contributed by atoms with van der Waals surface area (Å²) in [6, 6.07) is 2.93. The van der Waals surface area contributed by atoms with Crippen LogP contribution in [0.3, 0.4) is 0 Å². The van der Waals surface area contributed by atoms with Crippen LogP contribution in [0.25, 0.3) is 0 Å². The molecule has 0 aliphatic rings. The third-order valence-electron chi connectivity index (χ3n) is 3.71. The molecule has 1 aromatic carbocycles. The van der Waals surface area contributed by atoms with Gasteiger partial charge in [-0.15, -0.1) is 0 Å². The molecule has 1 unspecified atom stereocenters. The van der Waals surface area contributed by atoms with Gasteiger partial charge in [0.05, 0.1) is 17.9 Å². The number of aromatic nitrogens is 4. The highest BCUT2D eigenvalue weighted by molar-refractivity contribution is 5.54. The molecular formula is C17H18F2N6. The van der Waals surface area contributed by atoms with Crippen molar-refractivity contribution in [3.63, 3.8) is 0 Å². The maximum atomic E-state index is 13.9. The summed E-state index contributed by atoms with van der Waals surface area (Å²) in [7, 11) is 1.81. The lowest BCUT2D eigenvalue weighted by Crippen LogP contribution is -2.12. The fourth-order valence-electron chi connectivity index (χ4n) is 2.39. The van der Waals surface area contributed by atoms with Gasteiger partial charge in [-0.3, -0.25) is 4.68 Å². The molecule has 6 nitrogen and oxygen atoms in total. The van der Waals surface area contributed by atoms with Gasteiger partial charge >= 0.3 is 0 Å². The minimum atomic E-state index is -0.483. The van der Waals surface area contributed by atoms with E-state index in [2.05, 4.69) is 25.7 Å². The number of rotatable bonds is 5. The lowest BCUT2D eigenvalue weighted by Gasteiger charge is -2.17. The maximum Gasteiger partial charge on any atom is 0.229 e. The van der Waals surface area contributed by atoms with Crippen LogP contribution < -0.4 is 10.6 Å². The molecule has 130 valence electrons. The largest absolute Gasteiger partial charge is 0.363 e. The van der Waals surface area contributed by atoms with Gasteiger partial charge in [0.2, 0.25) is 5.95 Å². The average Bonchev–Trinajstić information content (AvgIpc) is 2.98. The molecule has 0 radical (unpaired) electrons. The Kier molecular flexibility index (Phi) is 4.60. The van der Waals surface area contributed by atoms with Crippen LogP contribution in [0.15, 0.2) is 36.8 Å². The number of nitrogens with one attached hydrogen (secondary N) is 2. The molecule has 0 spiro atoms. The van der Waals surface area contributed by atoms with E-state index in [4.69, 9.17) is 0 Å². The van der Waals surface area contributed by atoms with E-state index in [1.807, 2.05) is 14.0 Å². The van der Waals surface area contributed by atoms with E-state index < -0.39 is 17.7 Å². The minimum absolute atomic E-state index is 0.236. The fourth-order valence-corrected chi connectivity index (χ4v) is 2.39. The molecule has 2 aromatic heterocycles. The number of hydrogen-bond acceptors (Lipinski definition) is 5. The van der Waals surface area contributed by atoms with Crippen LogP contribution in [-0.2, 0) is 7.05 Å². The molecule has 2 heterocycles. The van der Waals surface area contributed by atoms with E-state index in [0.29, 0.717) is 11.8 Å². The van der Waals surface area contributed by atoms with Crippen LogP contribution in [0.1, 0.15) is 24.1 Å². The van der Waals surface area contributed by atoms with Gasteiger partial charge in [0.15, 0.2) is 0 Å². The second-order valence-corrected chi connectivity index (χ2v) is 5.78. The molecule has 0 bridgehead atoms. The summed E-state index contributed by atoms with van der Waals surface area (Å²) in [5.74, 6) is -0.0317. The van der Waals surface area contributed by atoms with Crippen LogP contribution in [0.2, 0.25) is 0 Å². The van der Waals surface area contributed by atoms with E-state index in [1.54, 1.807) is 30.2 Å². The topological polar surface area (TPSA) is 67.7 Å². The minimum Gasteiger partial charge on any atom is -0.363 e. The van der Waals surface area contributed by atoms with Gasteiger partial charge in [0.1, 0.15) is 17.5 Å². The Hall–Kier alpha value is -3.03. The highest BCUT2D eigenvalue weighted by Crippen LogP contribution is 2.24. The van der Waals surface area contributed by atoms with Crippen LogP contribution in [0.4, 0.5) is 26.2 Å². The SMILES string of the molecule is Cc1cnc(Nc2cnn(C)c2)nc1NC(C)c1cc(F)ccc1F. The maximum absolute atomic E-state index is 13.9. The fraction of sp³-hybridized carbons (Fsp3) is 0.235. The Balaban J connectivity index is 1.81. The van der Waals surface area contributed by atoms with Crippen molar-refractivity contribution >= 4 is 17.5 Å². The van der Waals surface area contributed by atoms with Crippen molar-refractivity contribution < 1.29 is 8.78 Å². The van der Waals surface area contributed by atoms with Crippen molar-refractivity contribution in [3.05, 3.63) is 59.6 Å². The summed E-state index contributed by atoms with van der Waals surface area (Å²) in [4.78, 5) is 8.63. The van der Waals surface area contributed by atoms with E-state index in [9.17, 15) is 8.78 Å². The van der Waals surface area contributed by atoms with Crippen molar-refractivity contribution in [1.82, 2.24) is 19.7 Å². The van der Waals surface area contributed by atoms with Crippen molar-refractivity contribution in [3.8, 4) is 0 Å². The Bertz CT molecular complexity index is 893. The van der Waals surface area contributed by atoms with Crippen LogP contribution in [0, 0.1) is 18.6 Å². The van der Waals surface area contributed by atoms with Crippen LogP contribution >= 0.6 is 0 Å². The summed E-state index contributed by atoms with van der Waals surface area (Å²) in [6.45, 7) is 3.58. The molecule has 8 heteroatoms. The van der Waals surface area contributed by atoms with E-state index in [0.717, 1.165) is 23.4 Å². The average molecular weight is 344 g/mol. The highest BCUT2D eigenvalue weighted by Gasteiger charge is 2.14. The third kappa shape index (κ3) is 3.90. The molecule has 0 aliphatic heterocycles. The van der Waals surface area contributed by atoms with Gasteiger partial charge in [-0.25, -0.2) is 13.8 Å². The summed E-state index contributed by atoms with van der Waals surface area (Å²) in [5.41, 5.74) is 1.78. The number of benzene rings is 1. The third-order valence-corrected chi connectivity index (χ3v) is 3.71. The summed E-state index contributed by atoms with van der Waals surface area (Å²) in [5, 5.41) is 10.2. The van der Waals surface area contributed by atoms with Gasteiger partial charge in [-0.1, -0.05) is 0 Å². The molecule has 0 saturated carbocycles. The van der Waals surface area contributed by atoms with Gasteiger partial charge in [0, 0.05) is 30.6 Å². The van der Waals surface area contributed by atoms with E-state index >= 15 is 0 Å². The second kappa shape index (κ2) is 6.84. The number of aryl methyl sites for hydroxylation is 2.